The number of nitrogens with one attached hydrogen (secondary N) is 1. The highest BCUT2D eigenvalue weighted by atomic mass is 35.5. The number of benzene rings is 3. The first-order valence-electron chi connectivity index (χ1n) is 9.72. The van der Waals surface area contributed by atoms with E-state index in [0.29, 0.717) is 11.6 Å². The summed E-state index contributed by atoms with van der Waals surface area (Å²) >= 11 is 6.06. The van der Waals surface area contributed by atoms with Gasteiger partial charge in [0.25, 0.3) is 10.0 Å². The lowest BCUT2D eigenvalue weighted by atomic mass is 9.91. The highest BCUT2D eigenvalue weighted by molar-refractivity contribution is 7.90. The van der Waals surface area contributed by atoms with Gasteiger partial charge in [-0.15, -0.1) is 4.40 Å². The van der Waals surface area contributed by atoms with Gasteiger partial charge in [0, 0.05) is 18.0 Å². The van der Waals surface area contributed by atoms with Crippen molar-refractivity contribution in [2.24, 2.45) is 9.50 Å². The zero-order chi connectivity index (χ0) is 21.8. The first-order chi connectivity index (χ1) is 15.0. The number of sulfonamides is 1. The van der Waals surface area contributed by atoms with E-state index in [1.165, 1.54) is 12.1 Å². The van der Waals surface area contributed by atoms with Crippen LogP contribution in [-0.4, -0.2) is 38.7 Å². The largest absolute Gasteiger partial charge is 0.357 e. The SMILES string of the molecule is CN/C(=N\S(=O)(=O)c1ccccc1)N1C[C@H](c2ccccc2)C(c2ccc(Cl)cc2)=N1. The molecule has 3 aromatic rings. The number of hydrogen-bond donors (Lipinski definition) is 1. The molecule has 0 aromatic heterocycles. The molecule has 0 aliphatic carbocycles. The van der Waals surface area contributed by atoms with Crippen molar-refractivity contribution in [2.45, 2.75) is 10.8 Å². The molecule has 1 N–H and O–H groups in total. The second-order valence-corrected chi connectivity index (χ2v) is 9.03. The van der Waals surface area contributed by atoms with Crippen molar-refractivity contribution in [3.63, 3.8) is 0 Å². The van der Waals surface area contributed by atoms with Crippen LogP contribution in [0.25, 0.3) is 0 Å². The normalized spacial score (nSPS) is 16.8. The van der Waals surface area contributed by atoms with Crippen molar-refractivity contribution in [1.29, 1.82) is 0 Å². The minimum absolute atomic E-state index is 0.0552. The number of halogens is 1. The van der Waals surface area contributed by atoms with Crippen LogP contribution in [0.15, 0.2) is 99.3 Å². The number of guanidine groups is 1. The molecule has 0 radical (unpaired) electrons. The van der Waals surface area contributed by atoms with E-state index in [2.05, 4.69) is 9.71 Å². The van der Waals surface area contributed by atoms with Gasteiger partial charge in [-0.25, -0.2) is 5.01 Å². The van der Waals surface area contributed by atoms with E-state index in [9.17, 15) is 8.42 Å². The summed E-state index contributed by atoms with van der Waals surface area (Å²) in [6, 6.07) is 25.6. The zero-order valence-corrected chi connectivity index (χ0v) is 18.4. The minimum Gasteiger partial charge on any atom is -0.357 e. The maximum atomic E-state index is 12.8. The van der Waals surface area contributed by atoms with Gasteiger partial charge in [0.2, 0.25) is 5.96 Å². The molecule has 158 valence electrons. The predicted octanol–water partition coefficient (Wildman–Crippen LogP) is 4.11. The van der Waals surface area contributed by atoms with Gasteiger partial charge in [0.15, 0.2) is 0 Å². The molecule has 0 spiro atoms. The lowest BCUT2D eigenvalue weighted by molar-refractivity contribution is 0.460. The third-order valence-corrected chi connectivity index (χ3v) is 6.50. The number of hydrazone groups is 1. The molecule has 0 bridgehead atoms. The minimum atomic E-state index is -3.88. The Bertz CT molecular complexity index is 1210. The average molecular weight is 453 g/mol. The summed E-state index contributed by atoms with van der Waals surface area (Å²) in [7, 11) is -2.25. The van der Waals surface area contributed by atoms with E-state index >= 15 is 0 Å². The summed E-state index contributed by atoms with van der Waals surface area (Å²) in [5.74, 6) is 0.106. The third kappa shape index (κ3) is 4.62. The second-order valence-electron chi connectivity index (χ2n) is 6.99. The summed E-state index contributed by atoms with van der Waals surface area (Å²) in [5, 5.41) is 9.88. The Morgan fingerprint density at radius 2 is 1.61 bits per heavy atom. The molecule has 1 aliphatic heterocycles. The Labute approximate surface area is 186 Å². The van der Waals surface area contributed by atoms with Crippen LogP contribution in [0.1, 0.15) is 17.0 Å². The number of hydrogen-bond acceptors (Lipinski definition) is 3. The van der Waals surface area contributed by atoms with Crippen molar-refractivity contribution in [3.05, 3.63) is 101 Å². The van der Waals surface area contributed by atoms with E-state index in [4.69, 9.17) is 16.7 Å². The Balaban J connectivity index is 1.74. The standard InChI is InChI=1S/C23H21ClN4O2S/c1-25-23(27-31(29,30)20-10-6-3-7-11-20)28-16-21(17-8-4-2-5-9-17)22(26-28)18-12-14-19(24)15-13-18/h2-15,21H,16H2,1H3,(H,25,27)/t21-/m1/s1. The molecule has 8 heteroatoms. The predicted molar refractivity (Wildman–Crippen MR) is 124 cm³/mol. The molecule has 31 heavy (non-hydrogen) atoms. The highest BCUT2D eigenvalue weighted by Crippen LogP contribution is 2.29. The van der Waals surface area contributed by atoms with Crippen LogP contribution in [0.5, 0.6) is 0 Å². The van der Waals surface area contributed by atoms with Gasteiger partial charge in [-0.05, 0) is 35.4 Å². The van der Waals surface area contributed by atoms with Crippen molar-refractivity contribution in [2.75, 3.05) is 13.6 Å². The fourth-order valence-electron chi connectivity index (χ4n) is 3.44. The quantitative estimate of drug-likeness (QED) is 0.477. The first-order valence-corrected chi connectivity index (χ1v) is 11.5. The van der Waals surface area contributed by atoms with E-state index in [-0.39, 0.29) is 16.8 Å². The van der Waals surface area contributed by atoms with Crippen LogP contribution < -0.4 is 5.32 Å². The maximum absolute atomic E-state index is 12.8. The van der Waals surface area contributed by atoms with Crippen molar-refractivity contribution >= 4 is 33.3 Å². The summed E-state index contributed by atoms with van der Waals surface area (Å²) in [6.07, 6.45) is 0. The molecule has 0 amide bonds. The second kappa shape index (κ2) is 8.91. The van der Waals surface area contributed by atoms with Crippen LogP contribution in [0, 0.1) is 0 Å². The van der Waals surface area contributed by atoms with Gasteiger partial charge in [-0.3, -0.25) is 0 Å². The molecule has 0 saturated heterocycles. The van der Waals surface area contributed by atoms with Gasteiger partial charge in [0.1, 0.15) is 0 Å². The summed E-state index contributed by atoms with van der Waals surface area (Å²) in [4.78, 5) is 0.128. The average Bonchev–Trinajstić information content (AvgIpc) is 3.24. The van der Waals surface area contributed by atoms with Gasteiger partial charge < -0.3 is 5.32 Å². The van der Waals surface area contributed by atoms with E-state index in [0.717, 1.165) is 16.8 Å². The van der Waals surface area contributed by atoms with Crippen LogP contribution in [0.4, 0.5) is 0 Å². The Morgan fingerprint density at radius 1 is 1.00 bits per heavy atom. The van der Waals surface area contributed by atoms with Crippen molar-refractivity contribution in [3.8, 4) is 0 Å². The molecular weight excluding hydrogens is 432 g/mol. The fourth-order valence-corrected chi connectivity index (χ4v) is 4.59. The topological polar surface area (TPSA) is 74.1 Å². The Hall–Kier alpha value is -3.16. The maximum Gasteiger partial charge on any atom is 0.285 e. The lowest BCUT2D eigenvalue weighted by Gasteiger charge is -2.18. The monoisotopic (exact) mass is 452 g/mol. The van der Waals surface area contributed by atoms with E-state index < -0.39 is 10.0 Å². The van der Waals surface area contributed by atoms with Gasteiger partial charge in [-0.1, -0.05) is 72.3 Å². The molecule has 6 nitrogen and oxygen atoms in total. The Morgan fingerprint density at radius 3 is 2.23 bits per heavy atom. The fraction of sp³-hybridized carbons (Fsp3) is 0.130. The van der Waals surface area contributed by atoms with E-state index in [1.807, 2.05) is 54.6 Å². The molecular formula is C23H21ClN4O2S. The number of nitrogens with zero attached hydrogens (tertiary/aromatic N) is 3. The van der Waals surface area contributed by atoms with Gasteiger partial charge >= 0.3 is 0 Å². The third-order valence-electron chi connectivity index (χ3n) is 4.97. The summed E-state index contributed by atoms with van der Waals surface area (Å²) in [6.45, 7) is 0.450. The first kappa shape index (κ1) is 21.1. The molecule has 0 unspecified atom stereocenters. The molecule has 1 heterocycles. The lowest BCUT2D eigenvalue weighted by Crippen LogP contribution is -2.36. The Kier molecular flexibility index (Phi) is 6.06. The molecule has 0 fully saturated rings. The van der Waals surface area contributed by atoms with Crippen molar-refractivity contribution < 1.29 is 8.42 Å². The molecule has 3 aromatic carbocycles. The van der Waals surface area contributed by atoms with Crippen LogP contribution in [0.2, 0.25) is 5.02 Å². The van der Waals surface area contributed by atoms with Crippen molar-refractivity contribution in [1.82, 2.24) is 10.3 Å². The van der Waals surface area contributed by atoms with Crippen LogP contribution in [-0.2, 0) is 10.0 Å². The van der Waals surface area contributed by atoms with Crippen LogP contribution >= 0.6 is 11.6 Å². The zero-order valence-electron chi connectivity index (χ0n) is 16.8. The highest BCUT2D eigenvalue weighted by Gasteiger charge is 2.32. The molecule has 1 atom stereocenters. The summed E-state index contributed by atoms with van der Waals surface area (Å²) in [5.41, 5.74) is 2.82. The van der Waals surface area contributed by atoms with Gasteiger partial charge in [-0.2, -0.15) is 13.5 Å². The number of rotatable bonds is 4. The summed E-state index contributed by atoms with van der Waals surface area (Å²) < 4.78 is 29.6. The van der Waals surface area contributed by atoms with Gasteiger partial charge in [0.05, 0.1) is 17.2 Å². The smallest absolute Gasteiger partial charge is 0.285 e. The molecule has 0 saturated carbocycles. The van der Waals surface area contributed by atoms with Crippen LogP contribution in [0.3, 0.4) is 0 Å². The molecule has 4 rings (SSSR count). The van der Waals surface area contributed by atoms with E-state index in [1.54, 1.807) is 30.3 Å². The molecule has 1 aliphatic rings.